The van der Waals surface area contributed by atoms with Crippen LogP contribution in [0.15, 0.2) is 0 Å². The van der Waals surface area contributed by atoms with Crippen molar-refractivity contribution in [2.45, 2.75) is 62.7 Å². The molecular formula is C12H21NO3S. The smallest absolute Gasteiger partial charge is 0.320 e. The summed E-state index contributed by atoms with van der Waals surface area (Å²) in [6.07, 6.45) is 1.51. The molecule has 0 amide bonds. The molecule has 2 saturated heterocycles. The van der Waals surface area contributed by atoms with Crippen LogP contribution < -0.4 is 5.32 Å². The number of carbonyl (C=O) groups is 1. The summed E-state index contributed by atoms with van der Waals surface area (Å²) in [7, 11) is 0. The number of hydrogen-bond donors (Lipinski definition) is 2. The average molecular weight is 259 g/mol. The molecule has 2 unspecified atom stereocenters. The van der Waals surface area contributed by atoms with Gasteiger partial charge in [0.2, 0.25) is 0 Å². The van der Waals surface area contributed by atoms with E-state index in [4.69, 9.17) is 9.84 Å². The lowest BCUT2D eigenvalue weighted by molar-refractivity contribution is -0.140. The molecule has 0 aromatic rings. The molecule has 2 aliphatic heterocycles. The first kappa shape index (κ1) is 13.2. The van der Waals surface area contributed by atoms with E-state index in [0.717, 1.165) is 12.2 Å². The lowest BCUT2D eigenvalue weighted by Crippen LogP contribution is -2.62. The average Bonchev–Trinajstić information content (AvgIpc) is 2.31. The van der Waals surface area contributed by atoms with Crippen LogP contribution in [0.4, 0.5) is 0 Å². The lowest BCUT2D eigenvalue weighted by Gasteiger charge is -2.44. The zero-order valence-corrected chi connectivity index (χ0v) is 11.7. The van der Waals surface area contributed by atoms with E-state index in [0.29, 0.717) is 6.42 Å². The van der Waals surface area contributed by atoms with Crippen LogP contribution in [0.5, 0.6) is 0 Å². The summed E-state index contributed by atoms with van der Waals surface area (Å²) < 4.78 is 6.08. The highest BCUT2D eigenvalue weighted by molar-refractivity contribution is 8.00. The van der Waals surface area contributed by atoms with E-state index in [1.54, 1.807) is 11.8 Å². The molecule has 0 aliphatic carbocycles. The van der Waals surface area contributed by atoms with Crippen molar-refractivity contribution >= 4 is 17.7 Å². The second-order valence-electron chi connectivity index (χ2n) is 6.05. The molecule has 2 atom stereocenters. The Labute approximate surface area is 106 Å². The van der Waals surface area contributed by atoms with E-state index in [9.17, 15) is 4.79 Å². The number of carboxylic acid groups (broad SMARTS) is 1. The molecule has 17 heavy (non-hydrogen) atoms. The summed E-state index contributed by atoms with van der Waals surface area (Å²) in [5, 5.41) is 12.5. The summed E-state index contributed by atoms with van der Waals surface area (Å²) in [4.78, 5) is 10.9. The Morgan fingerprint density at radius 1 is 1.41 bits per heavy atom. The Morgan fingerprint density at radius 3 is 2.53 bits per heavy atom. The van der Waals surface area contributed by atoms with Crippen LogP contribution in [0, 0.1) is 0 Å². The number of carboxylic acids is 1. The van der Waals surface area contributed by atoms with Crippen LogP contribution in [0.1, 0.15) is 40.5 Å². The highest BCUT2D eigenvalue weighted by atomic mass is 32.2. The first-order valence-electron chi connectivity index (χ1n) is 6.02. The molecular weight excluding hydrogens is 238 g/mol. The van der Waals surface area contributed by atoms with Crippen LogP contribution >= 0.6 is 11.8 Å². The quantitative estimate of drug-likeness (QED) is 0.752. The fraction of sp³-hybridized carbons (Fsp3) is 0.917. The van der Waals surface area contributed by atoms with Crippen molar-refractivity contribution in [3.8, 4) is 0 Å². The van der Waals surface area contributed by atoms with Crippen molar-refractivity contribution in [1.82, 2.24) is 5.32 Å². The van der Waals surface area contributed by atoms with Crippen molar-refractivity contribution in [1.29, 1.82) is 0 Å². The normalized spacial score (nSPS) is 39.4. The molecule has 0 radical (unpaired) electrons. The largest absolute Gasteiger partial charge is 0.480 e. The number of nitrogens with one attached hydrogen (secondary N) is 1. The lowest BCUT2D eigenvalue weighted by atomic mass is 9.92. The van der Waals surface area contributed by atoms with Crippen LogP contribution in [-0.2, 0) is 9.53 Å². The molecule has 0 aromatic carbocycles. The minimum Gasteiger partial charge on any atom is -0.480 e. The second-order valence-corrected chi connectivity index (χ2v) is 7.44. The summed E-state index contributed by atoms with van der Waals surface area (Å²) in [5.74, 6) is 0.109. The van der Waals surface area contributed by atoms with Gasteiger partial charge in [-0.3, -0.25) is 10.1 Å². The van der Waals surface area contributed by atoms with Gasteiger partial charge in [-0.15, -0.1) is 11.8 Å². The summed E-state index contributed by atoms with van der Waals surface area (Å²) in [6.45, 7) is 8.23. The molecule has 2 N–H and O–H groups in total. The predicted molar refractivity (Wildman–Crippen MR) is 68.2 cm³/mol. The van der Waals surface area contributed by atoms with Gasteiger partial charge in [0.05, 0.1) is 16.1 Å². The first-order chi connectivity index (χ1) is 7.68. The molecule has 1 spiro atoms. The fourth-order valence-electron chi connectivity index (χ4n) is 3.00. The van der Waals surface area contributed by atoms with Crippen molar-refractivity contribution < 1.29 is 14.6 Å². The van der Waals surface area contributed by atoms with Gasteiger partial charge in [-0.05, 0) is 39.9 Å². The van der Waals surface area contributed by atoms with Gasteiger partial charge in [-0.25, -0.2) is 0 Å². The maximum Gasteiger partial charge on any atom is 0.320 e. The minimum absolute atomic E-state index is 0.204. The summed E-state index contributed by atoms with van der Waals surface area (Å²) >= 11 is 1.80. The summed E-state index contributed by atoms with van der Waals surface area (Å²) in [5.41, 5.74) is -0.556. The van der Waals surface area contributed by atoms with E-state index in [1.165, 1.54) is 0 Å². The zero-order valence-electron chi connectivity index (χ0n) is 10.9. The topological polar surface area (TPSA) is 58.6 Å². The SMILES string of the molecule is CC1(C)CC2(NC(C(=O)O)CCS2)C(C)(C)O1. The Morgan fingerprint density at radius 2 is 2.06 bits per heavy atom. The van der Waals surface area contributed by atoms with Gasteiger partial charge >= 0.3 is 5.97 Å². The third kappa shape index (κ3) is 2.20. The van der Waals surface area contributed by atoms with Gasteiger partial charge < -0.3 is 9.84 Å². The maximum atomic E-state index is 11.2. The molecule has 2 rings (SSSR count). The third-order valence-corrected chi connectivity index (χ3v) is 5.33. The molecule has 5 heteroatoms. The molecule has 0 saturated carbocycles. The van der Waals surface area contributed by atoms with Gasteiger partial charge in [0.1, 0.15) is 6.04 Å². The predicted octanol–water partition coefficient (Wildman–Crippen LogP) is 1.84. The first-order valence-corrected chi connectivity index (χ1v) is 7.01. The molecule has 2 heterocycles. The number of hydrogen-bond acceptors (Lipinski definition) is 4. The maximum absolute atomic E-state index is 11.2. The van der Waals surface area contributed by atoms with Gasteiger partial charge in [0, 0.05) is 6.42 Å². The molecule has 2 aliphatic rings. The molecule has 0 aromatic heterocycles. The molecule has 0 bridgehead atoms. The monoisotopic (exact) mass is 259 g/mol. The van der Waals surface area contributed by atoms with E-state index in [1.807, 2.05) is 13.8 Å². The third-order valence-electron chi connectivity index (χ3n) is 3.64. The van der Waals surface area contributed by atoms with Crippen LogP contribution in [0.2, 0.25) is 0 Å². The van der Waals surface area contributed by atoms with E-state index in [2.05, 4.69) is 19.2 Å². The molecule has 2 fully saturated rings. The van der Waals surface area contributed by atoms with E-state index < -0.39 is 12.0 Å². The van der Waals surface area contributed by atoms with E-state index >= 15 is 0 Å². The Hall–Kier alpha value is -0.260. The Kier molecular flexibility index (Phi) is 3.00. The number of ether oxygens (including phenoxy) is 1. The zero-order chi connectivity index (χ0) is 12.9. The Bertz CT molecular complexity index is 343. The number of rotatable bonds is 1. The second kappa shape index (κ2) is 3.87. The van der Waals surface area contributed by atoms with Gasteiger partial charge in [0.25, 0.3) is 0 Å². The highest BCUT2D eigenvalue weighted by Gasteiger charge is 2.59. The number of aliphatic carboxylic acids is 1. The fourth-order valence-corrected chi connectivity index (χ4v) is 4.77. The number of thioether (sulfide) groups is 1. The van der Waals surface area contributed by atoms with Gasteiger partial charge in [0.15, 0.2) is 0 Å². The summed E-state index contributed by atoms with van der Waals surface area (Å²) in [6, 6.07) is -0.451. The van der Waals surface area contributed by atoms with Gasteiger partial charge in [-0.1, -0.05) is 0 Å². The molecule has 98 valence electrons. The van der Waals surface area contributed by atoms with Crippen molar-refractivity contribution in [2.75, 3.05) is 5.75 Å². The highest BCUT2D eigenvalue weighted by Crippen LogP contribution is 2.52. The van der Waals surface area contributed by atoms with Gasteiger partial charge in [-0.2, -0.15) is 0 Å². The van der Waals surface area contributed by atoms with Crippen LogP contribution in [0.25, 0.3) is 0 Å². The van der Waals surface area contributed by atoms with Crippen LogP contribution in [0.3, 0.4) is 0 Å². The van der Waals surface area contributed by atoms with Crippen molar-refractivity contribution in [2.24, 2.45) is 0 Å². The van der Waals surface area contributed by atoms with Crippen molar-refractivity contribution in [3.05, 3.63) is 0 Å². The molecule has 4 nitrogen and oxygen atoms in total. The standard InChI is InChI=1S/C12H21NO3S/c1-10(2)7-12(11(3,4)16-10)13-8(9(14)15)5-6-17-12/h8,13H,5-7H2,1-4H3,(H,14,15). The van der Waals surface area contributed by atoms with E-state index in [-0.39, 0.29) is 16.1 Å². The minimum atomic E-state index is -0.759. The van der Waals surface area contributed by atoms with Crippen LogP contribution in [-0.4, -0.2) is 38.9 Å². The van der Waals surface area contributed by atoms with Crippen molar-refractivity contribution in [3.63, 3.8) is 0 Å². The Balaban J connectivity index is 2.26.